The van der Waals surface area contributed by atoms with E-state index in [1.165, 1.54) is 25.3 Å². The number of phenolic OH excluding ortho intramolecular Hbond substituents is 1. The molecule has 1 aromatic carbocycles. The first-order chi connectivity index (χ1) is 8.88. The van der Waals surface area contributed by atoms with Crippen molar-refractivity contribution in [2.24, 2.45) is 0 Å². The van der Waals surface area contributed by atoms with Gasteiger partial charge in [0.25, 0.3) is 0 Å². The Kier molecular flexibility index (Phi) is 4.83. The molecule has 0 unspecified atom stereocenters. The second kappa shape index (κ2) is 6.15. The molecule has 0 saturated carbocycles. The lowest BCUT2D eigenvalue weighted by Crippen LogP contribution is -2.30. The Labute approximate surface area is 111 Å². The van der Waals surface area contributed by atoms with Gasteiger partial charge in [0.2, 0.25) is 5.79 Å². The second-order valence-electron chi connectivity index (χ2n) is 4.30. The molecule has 1 aromatic rings. The summed E-state index contributed by atoms with van der Waals surface area (Å²) in [5.74, 6) is -1.77. The monoisotopic (exact) mass is 264 g/mol. The summed E-state index contributed by atoms with van der Waals surface area (Å²) >= 11 is 0. The molecule has 5 nitrogen and oxygen atoms in total. The average molecular weight is 264 g/mol. The van der Waals surface area contributed by atoms with Crippen LogP contribution in [0.2, 0.25) is 0 Å². The second-order valence-corrected chi connectivity index (χ2v) is 4.30. The zero-order valence-corrected chi connectivity index (χ0v) is 11.0. The molecule has 0 aliphatic rings. The molecule has 5 heteroatoms. The maximum absolute atomic E-state index is 11.8. The van der Waals surface area contributed by atoms with Crippen molar-refractivity contribution in [3.05, 3.63) is 35.4 Å². The van der Waals surface area contributed by atoms with Crippen LogP contribution in [0, 0.1) is 0 Å². The molecular formula is C14H16O5. The van der Waals surface area contributed by atoms with E-state index in [4.69, 9.17) is 14.6 Å². The molecule has 0 fully saturated rings. The van der Waals surface area contributed by atoms with Crippen LogP contribution in [0.4, 0.5) is 0 Å². The number of carbonyl (C=O) groups excluding carboxylic acids is 2. The zero-order valence-electron chi connectivity index (χ0n) is 11.0. The van der Waals surface area contributed by atoms with Crippen molar-refractivity contribution in [3.8, 4) is 5.75 Å². The first-order valence-corrected chi connectivity index (χ1v) is 5.62. The van der Waals surface area contributed by atoms with Crippen molar-refractivity contribution in [3.63, 3.8) is 0 Å². The van der Waals surface area contributed by atoms with Gasteiger partial charge in [0.15, 0.2) is 6.29 Å². The Morgan fingerprint density at radius 3 is 2.32 bits per heavy atom. The molecule has 1 rings (SSSR count). The standard InChI is InChI=1S/C14H16O5/c1-14(2,18-3)19-13(17)11(9-15)8-10-4-6-12(16)7-5-10/h4-9,16H,1-3H3/b11-8-. The molecule has 0 aliphatic heterocycles. The van der Waals surface area contributed by atoms with Gasteiger partial charge in [-0.2, -0.15) is 0 Å². The predicted molar refractivity (Wildman–Crippen MR) is 69.3 cm³/mol. The molecule has 0 amide bonds. The van der Waals surface area contributed by atoms with Gasteiger partial charge in [-0.25, -0.2) is 4.79 Å². The lowest BCUT2D eigenvalue weighted by Gasteiger charge is -2.22. The van der Waals surface area contributed by atoms with E-state index in [1.54, 1.807) is 26.0 Å². The van der Waals surface area contributed by atoms with Gasteiger partial charge in [0.1, 0.15) is 11.3 Å². The van der Waals surface area contributed by atoms with Gasteiger partial charge < -0.3 is 14.6 Å². The third kappa shape index (κ3) is 4.56. The molecule has 19 heavy (non-hydrogen) atoms. The zero-order chi connectivity index (χ0) is 14.5. The topological polar surface area (TPSA) is 72.8 Å². The molecule has 0 aromatic heterocycles. The fraction of sp³-hybridized carbons (Fsp3) is 0.286. The number of hydrogen-bond acceptors (Lipinski definition) is 5. The summed E-state index contributed by atoms with van der Waals surface area (Å²) in [7, 11) is 1.40. The molecular weight excluding hydrogens is 248 g/mol. The van der Waals surface area contributed by atoms with Gasteiger partial charge in [0, 0.05) is 21.0 Å². The van der Waals surface area contributed by atoms with Crippen LogP contribution in [-0.2, 0) is 19.1 Å². The number of ether oxygens (including phenoxy) is 2. The highest BCUT2D eigenvalue weighted by Gasteiger charge is 2.23. The Bertz CT molecular complexity index is 485. The third-order valence-corrected chi connectivity index (χ3v) is 2.41. The largest absolute Gasteiger partial charge is 0.508 e. The average Bonchev–Trinajstić information content (AvgIpc) is 2.37. The number of carbonyl (C=O) groups is 2. The lowest BCUT2D eigenvalue weighted by atomic mass is 10.1. The quantitative estimate of drug-likeness (QED) is 0.219. The Balaban J connectivity index is 2.91. The van der Waals surface area contributed by atoms with Crippen LogP contribution < -0.4 is 0 Å². The van der Waals surface area contributed by atoms with Crippen LogP contribution in [0.25, 0.3) is 6.08 Å². The van der Waals surface area contributed by atoms with Gasteiger partial charge in [-0.05, 0) is 23.8 Å². The van der Waals surface area contributed by atoms with E-state index in [0.29, 0.717) is 11.8 Å². The van der Waals surface area contributed by atoms with Crippen molar-refractivity contribution in [2.45, 2.75) is 19.6 Å². The number of methoxy groups -OCH3 is 1. The minimum absolute atomic E-state index is 0.105. The molecule has 0 aliphatic carbocycles. The lowest BCUT2D eigenvalue weighted by molar-refractivity contribution is -0.201. The molecule has 1 N–H and O–H groups in total. The normalized spacial score (nSPS) is 12.1. The molecule has 0 saturated heterocycles. The van der Waals surface area contributed by atoms with E-state index in [9.17, 15) is 9.59 Å². The Morgan fingerprint density at radius 1 is 1.26 bits per heavy atom. The van der Waals surface area contributed by atoms with Gasteiger partial charge in [0.05, 0.1) is 0 Å². The summed E-state index contributed by atoms with van der Waals surface area (Å²) in [5, 5.41) is 9.14. The molecule has 0 spiro atoms. The SMILES string of the molecule is COC(C)(C)OC(=O)/C(C=O)=C\c1ccc(O)cc1. The maximum Gasteiger partial charge on any atom is 0.343 e. The summed E-state index contributed by atoms with van der Waals surface area (Å²) in [4.78, 5) is 22.7. The van der Waals surface area contributed by atoms with E-state index in [1.807, 2.05) is 0 Å². The molecule has 0 bridgehead atoms. The minimum atomic E-state index is -1.10. The van der Waals surface area contributed by atoms with Crippen LogP contribution in [0.3, 0.4) is 0 Å². The first kappa shape index (κ1) is 14.9. The van der Waals surface area contributed by atoms with E-state index >= 15 is 0 Å². The Hall–Kier alpha value is -2.14. The third-order valence-electron chi connectivity index (χ3n) is 2.41. The summed E-state index contributed by atoms with van der Waals surface area (Å²) in [5.41, 5.74) is 0.475. The van der Waals surface area contributed by atoms with Crippen LogP contribution in [0.15, 0.2) is 29.8 Å². The first-order valence-electron chi connectivity index (χ1n) is 5.62. The summed E-state index contributed by atoms with van der Waals surface area (Å²) in [6.07, 6.45) is 1.79. The summed E-state index contributed by atoms with van der Waals surface area (Å²) in [6, 6.07) is 6.07. The van der Waals surface area contributed by atoms with Crippen LogP contribution in [0.1, 0.15) is 19.4 Å². The van der Waals surface area contributed by atoms with Gasteiger partial charge in [-0.15, -0.1) is 0 Å². The number of phenols is 1. The highest BCUT2D eigenvalue weighted by molar-refractivity contribution is 6.11. The van der Waals surface area contributed by atoms with Crippen molar-refractivity contribution in [1.82, 2.24) is 0 Å². The Morgan fingerprint density at radius 2 is 1.84 bits per heavy atom. The molecule has 0 radical (unpaired) electrons. The number of aldehydes is 1. The van der Waals surface area contributed by atoms with Gasteiger partial charge in [-0.1, -0.05) is 12.1 Å². The van der Waals surface area contributed by atoms with E-state index in [-0.39, 0.29) is 11.3 Å². The molecule has 0 heterocycles. The summed E-state index contributed by atoms with van der Waals surface area (Å²) < 4.78 is 9.98. The van der Waals surface area contributed by atoms with E-state index in [2.05, 4.69) is 0 Å². The highest BCUT2D eigenvalue weighted by Crippen LogP contribution is 2.15. The van der Waals surface area contributed by atoms with Crippen molar-refractivity contribution >= 4 is 18.3 Å². The number of benzene rings is 1. The maximum atomic E-state index is 11.8. The summed E-state index contributed by atoms with van der Waals surface area (Å²) in [6.45, 7) is 3.13. The molecule has 102 valence electrons. The van der Waals surface area contributed by atoms with Crippen LogP contribution >= 0.6 is 0 Å². The minimum Gasteiger partial charge on any atom is -0.508 e. The highest BCUT2D eigenvalue weighted by atomic mass is 16.7. The fourth-order valence-electron chi connectivity index (χ4n) is 1.21. The number of hydrogen-bond donors (Lipinski definition) is 1. The predicted octanol–water partition coefficient (Wildman–Crippen LogP) is 1.90. The van der Waals surface area contributed by atoms with Crippen LogP contribution in [0.5, 0.6) is 5.75 Å². The van der Waals surface area contributed by atoms with E-state index < -0.39 is 11.8 Å². The fourth-order valence-corrected chi connectivity index (χ4v) is 1.21. The van der Waals surface area contributed by atoms with Crippen molar-refractivity contribution in [1.29, 1.82) is 0 Å². The van der Waals surface area contributed by atoms with Crippen molar-refractivity contribution < 1.29 is 24.2 Å². The van der Waals surface area contributed by atoms with Crippen molar-refractivity contribution in [2.75, 3.05) is 7.11 Å². The van der Waals surface area contributed by atoms with Gasteiger partial charge >= 0.3 is 5.97 Å². The van der Waals surface area contributed by atoms with E-state index in [0.717, 1.165) is 0 Å². The van der Waals surface area contributed by atoms with Crippen LogP contribution in [-0.4, -0.2) is 30.3 Å². The van der Waals surface area contributed by atoms with Gasteiger partial charge in [-0.3, -0.25) is 4.79 Å². The smallest absolute Gasteiger partial charge is 0.343 e. The number of aromatic hydroxyl groups is 1. The number of rotatable bonds is 5. The number of esters is 1. The molecule has 0 atom stereocenters.